The fraction of sp³-hybridized carbons (Fsp3) is 0.429. The van der Waals surface area contributed by atoms with Gasteiger partial charge in [-0.2, -0.15) is 5.26 Å². The Hall–Kier alpha value is -2.22. The first-order valence-electron chi connectivity index (χ1n) is 5.94. The Kier molecular flexibility index (Phi) is 5.68. The number of ether oxygens (including phenoxy) is 2. The number of nitrogens with zero attached hydrogens (tertiary/aromatic N) is 2. The van der Waals surface area contributed by atoms with Gasteiger partial charge < -0.3 is 14.4 Å². The van der Waals surface area contributed by atoms with Crippen LogP contribution in [0, 0.1) is 11.3 Å². The van der Waals surface area contributed by atoms with Crippen LogP contribution in [0.25, 0.3) is 0 Å². The van der Waals surface area contributed by atoms with Crippen LogP contribution in [0.15, 0.2) is 18.2 Å². The predicted octanol–water partition coefficient (Wildman–Crippen LogP) is 1.62. The summed E-state index contributed by atoms with van der Waals surface area (Å²) in [6.07, 6.45) is 0.621. The highest BCUT2D eigenvalue weighted by Crippen LogP contribution is 2.27. The van der Waals surface area contributed by atoms with E-state index in [0.717, 1.165) is 5.56 Å². The van der Waals surface area contributed by atoms with E-state index in [0.29, 0.717) is 24.5 Å². The zero-order chi connectivity index (χ0) is 14.3. The van der Waals surface area contributed by atoms with Crippen molar-refractivity contribution in [3.05, 3.63) is 23.8 Å². The molecule has 1 rings (SSSR count). The summed E-state index contributed by atoms with van der Waals surface area (Å²) in [6.45, 7) is 0.447. The molecule has 5 heteroatoms. The summed E-state index contributed by atoms with van der Waals surface area (Å²) >= 11 is 0. The highest BCUT2D eigenvalue weighted by molar-refractivity contribution is 5.78. The summed E-state index contributed by atoms with van der Waals surface area (Å²) < 4.78 is 10.3. The van der Waals surface area contributed by atoms with Crippen LogP contribution in [0.4, 0.5) is 0 Å². The van der Waals surface area contributed by atoms with Crippen molar-refractivity contribution in [1.29, 1.82) is 5.26 Å². The van der Waals surface area contributed by atoms with Gasteiger partial charge >= 0.3 is 0 Å². The molecule has 0 unspecified atom stereocenters. The monoisotopic (exact) mass is 262 g/mol. The smallest absolute Gasteiger partial charge is 0.226 e. The molecule has 1 amide bonds. The first-order chi connectivity index (χ1) is 9.12. The number of benzene rings is 1. The normalized spacial score (nSPS) is 9.58. The standard InChI is InChI=1S/C14H18N2O3/c1-16(8-4-7-15)14(17)10-11-5-6-12(18-2)13(9-11)19-3/h5-6,9H,4,8,10H2,1-3H3. The molecule has 0 spiro atoms. The molecular formula is C14H18N2O3. The van der Waals surface area contributed by atoms with Crippen LogP contribution in [0.5, 0.6) is 11.5 Å². The summed E-state index contributed by atoms with van der Waals surface area (Å²) in [5, 5.41) is 8.49. The van der Waals surface area contributed by atoms with E-state index in [-0.39, 0.29) is 12.3 Å². The molecule has 0 aliphatic rings. The largest absolute Gasteiger partial charge is 0.493 e. The molecule has 0 aliphatic heterocycles. The average molecular weight is 262 g/mol. The van der Waals surface area contributed by atoms with Gasteiger partial charge in [0.25, 0.3) is 0 Å². The van der Waals surface area contributed by atoms with Gasteiger partial charge in [0.05, 0.1) is 33.1 Å². The van der Waals surface area contributed by atoms with Gasteiger partial charge in [0, 0.05) is 13.6 Å². The van der Waals surface area contributed by atoms with Crippen molar-refractivity contribution in [2.75, 3.05) is 27.8 Å². The topological polar surface area (TPSA) is 62.6 Å². The second-order valence-electron chi connectivity index (χ2n) is 4.09. The molecule has 19 heavy (non-hydrogen) atoms. The minimum Gasteiger partial charge on any atom is -0.493 e. The van der Waals surface area contributed by atoms with Gasteiger partial charge in [-0.3, -0.25) is 4.79 Å². The Balaban J connectivity index is 2.72. The third kappa shape index (κ3) is 4.18. The lowest BCUT2D eigenvalue weighted by Gasteiger charge is -2.16. The number of amides is 1. The molecule has 0 saturated heterocycles. The molecule has 102 valence electrons. The highest BCUT2D eigenvalue weighted by atomic mass is 16.5. The van der Waals surface area contributed by atoms with Crippen LogP contribution in [-0.4, -0.2) is 38.6 Å². The van der Waals surface area contributed by atoms with Gasteiger partial charge in [-0.25, -0.2) is 0 Å². The quantitative estimate of drug-likeness (QED) is 0.781. The zero-order valence-corrected chi connectivity index (χ0v) is 11.5. The third-order valence-corrected chi connectivity index (χ3v) is 2.79. The van der Waals surface area contributed by atoms with E-state index in [1.54, 1.807) is 38.3 Å². The lowest BCUT2D eigenvalue weighted by Crippen LogP contribution is -2.28. The Morgan fingerprint density at radius 3 is 2.58 bits per heavy atom. The van der Waals surface area contributed by atoms with Crippen molar-refractivity contribution in [3.8, 4) is 17.6 Å². The fourth-order valence-corrected chi connectivity index (χ4v) is 1.64. The van der Waals surface area contributed by atoms with Crippen molar-refractivity contribution in [2.24, 2.45) is 0 Å². The second-order valence-corrected chi connectivity index (χ2v) is 4.09. The van der Waals surface area contributed by atoms with E-state index in [4.69, 9.17) is 14.7 Å². The van der Waals surface area contributed by atoms with Crippen molar-refractivity contribution < 1.29 is 14.3 Å². The summed E-state index contributed by atoms with van der Waals surface area (Å²) in [6, 6.07) is 7.41. The third-order valence-electron chi connectivity index (χ3n) is 2.79. The number of rotatable bonds is 6. The van der Waals surface area contributed by atoms with Crippen LogP contribution >= 0.6 is 0 Å². The van der Waals surface area contributed by atoms with Crippen molar-refractivity contribution in [3.63, 3.8) is 0 Å². The Labute approximate surface area is 113 Å². The maximum atomic E-state index is 11.9. The van der Waals surface area contributed by atoms with E-state index < -0.39 is 0 Å². The molecule has 0 fully saturated rings. The van der Waals surface area contributed by atoms with Crippen molar-refractivity contribution >= 4 is 5.91 Å². The van der Waals surface area contributed by atoms with E-state index in [1.165, 1.54) is 0 Å². The zero-order valence-electron chi connectivity index (χ0n) is 11.5. The minimum absolute atomic E-state index is 0.0255. The van der Waals surface area contributed by atoms with Crippen LogP contribution in [0.1, 0.15) is 12.0 Å². The van der Waals surface area contributed by atoms with Crippen LogP contribution in [0.3, 0.4) is 0 Å². The molecule has 0 saturated carbocycles. The predicted molar refractivity (Wildman–Crippen MR) is 71.1 cm³/mol. The summed E-state index contributed by atoms with van der Waals surface area (Å²) in [5.74, 6) is 1.21. The average Bonchev–Trinajstić information content (AvgIpc) is 2.44. The number of carbonyl (C=O) groups excluding carboxylic acids is 1. The fourth-order valence-electron chi connectivity index (χ4n) is 1.64. The second kappa shape index (κ2) is 7.27. The van der Waals surface area contributed by atoms with Gasteiger partial charge in [-0.15, -0.1) is 0 Å². The number of carbonyl (C=O) groups is 1. The molecular weight excluding hydrogens is 244 g/mol. The molecule has 0 radical (unpaired) electrons. The molecule has 0 heterocycles. The van der Waals surface area contributed by atoms with Crippen molar-refractivity contribution in [1.82, 2.24) is 4.90 Å². The maximum absolute atomic E-state index is 11.9. The van der Waals surface area contributed by atoms with E-state index in [9.17, 15) is 4.79 Å². The first kappa shape index (κ1) is 14.8. The number of methoxy groups -OCH3 is 2. The number of hydrogen-bond donors (Lipinski definition) is 0. The Morgan fingerprint density at radius 1 is 1.32 bits per heavy atom. The van der Waals surface area contributed by atoms with Gasteiger partial charge in [0.1, 0.15) is 0 Å². The highest BCUT2D eigenvalue weighted by Gasteiger charge is 2.11. The molecule has 0 aliphatic carbocycles. The van der Waals surface area contributed by atoms with Gasteiger partial charge in [-0.05, 0) is 17.7 Å². The minimum atomic E-state index is -0.0255. The number of nitriles is 1. The van der Waals surface area contributed by atoms with Crippen molar-refractivity contribution in [2.45, 2.75) is 12.8 Å². The lowest BCUT2D eigenvalue weighted by molar-refractivity contribution is -0.129. The van der Waals surface area contributed by atoms with Gasteiger partial charge in [0.15, 0.2) is 11.5 Å². The van der Waals surface area contributed by atoms with Crippen LogP contribution in [0.2, 0.25) is 0 Å². The summed E-state index contributed by atoms with van der Waals surface area (Å²) in [7, 11) is 4.82. The maximum Gasteiger partial charge on any atom is 0.226 e. The lowest BCUT2D eigenvalue weighted by atomic mass is 10.1. The van der Waals surface area contributed by atoms with E-state index >= 15 is 0 Å². The van der Waals surface area contributed by atoms with Crippen LogP contribution < -0.4 is 9.47 Å². The Morgan fingerprint density at radius 2 is 2.00 bits per heavy atom. The number of hydrogen-bond acceptors (Lipinski definition) is 4. The first-order valence-corrected chi connectivity index (χ1v) is 5.94. The van der Waals surface area contributed by atoms with Gasteiger partial charge in [0.2, 0.25) is 5.91 Å². The Bertz CT molecular complexity index is 480. The molecule has 5 nitrogen and oxygen atoms in total. The van der Waals surface area contributed by atoms with E-state index in [1.807, 2.05) is 12.1 Å². The molecule has 1 aromatic rings. The summed E-state index contributed by atoms with van der Waals surface area (Å²) in [5.41, 5.74) is 0.853. The molecule has 0 aromatic heterocycles. The molecule has 0 N–H and O–H groups in total. The molecule has 0 bridgehead atoms. The van der Waals surface area contributed by atoms with Crippen LogP contribution in [-0.2, 0) is 11.2 Å². The molecule has 1 aromatic carbocycles. The molecule has 0 atom stereocenters. The van der Waals surface area contributed by atoms with Gasteiger partial charge in [-0.1, -0.05) is 6.07 Å². The van der Waals surface area contributed by atoms with E-state index in [2.05, 4.69) is 0 Å². The number of likely N-dealkylation sites (N-methyl/N-ethyl adjacent to an activating group) is 1. The SMILES string of the molecule is COc1ccc(CC(=O)N(C)CCC#N)cc1OC. The summed E-state index contributed by atoms with van der Waals surface area (Å²) in [4.78, 5) is 13.5.